The van der Waals surface area contributed by atoms with Crippen LogP contribution < -0.4 is 5.32 Å². The van der Waals surface area contributed by atoms with Crippen LogP contribution >= 0.6 is 11.3 Å². The van der Waals surface area contributed by atoms with E-state index < -0.39 is 0 Å². The van der Waals surface area contributed by atoms with Crippen LogP contribution in [0.1, 0.15) is 15.3 Å². The molecule has 0 aliphatic rings. The first-order valence-corrected chi connectivity index (χ1v) is 6.68. The molecule has 3 heteroatoms. The Balaban J connectivity index is 1.75. The Morgan fingerprint density at radius 2 is 2.00 bits per heavy atom. The van der Waals surface area contributed by atoms with Gasteiger partial charge in [0.25, 0.3) is 0 Å². The van der Waals surface area contributed by atoms with E-state index in [-0.39, 0.29) is 5.82 Å². The summed E-state index contributed by atoms with van der Waals surface area (Å²) in [6, 6.07) is 11.3. The van der Waals surface area contributed by atoms with Crippen LogP contribution in [0.4, 0.5) is 4.39 Å². The molecule has 0 spiro atoms. The van der Waals surface area contributed by atoms with Gasteiger partial charge in [-0.05, 0) is 30.7 Å². The zero-order chi connectivity index (χ0) is 12.1. The van der Waals surface area contributed by atoms with Gasteiger partial charge in [-0.25, -0.2) is 4.39 Å². The van der Waals surface area contributed by atoms with Crippen molar-refractivity contribution in [3.63, 3.8) is 0 Å². The maximum absolute atomic E-state index is 13.3. The third-order valence-electron chi connectivity index (χ3n) is 2.72. The van der Waals surface area contributed by atoms with Gasteiger partial charge in [0.15, 0.2) is 0 Å². The molecule has 0 aliphatic heterocycles. The average Bonchev–Trinajstić information content (AvgIpc) is 2.73. The summed E-state index contributed by atoms with van der Waals surface area (Å²) in [6.45, 7) is 4.04. The van der Waals surface area contributed by atoms with Gasteiger partial charge in [0.05, 0.1) is 11.4 Å². The molecule has 1 aromatic carbocycles. The van der Waals surface area contributed by atoms with E-state index in [1.807, 2.05) is 23.5 Å². The fraction of sp³-hybridized carbons (Fsp3) is 0.286. The number of quaternary nitrogens is 1. The number of rotatable bonds is 5. The van der Waals surface area contributed by atoms with Crippen molar-refractivity contribution < 1.29 is 9.71 Å². The summed E-state index contributed by atoms with van der Waals surface area (Å²) in [4.78, 5) is 2.73. The van der Waals surface area contributed by atoms with Gasteiger partial charge in [-0.2, -0.15) is 0 Å². The molecule has 0 saturated heterocycles. The molecule has 2 N–H and O–H groups in total. The van der Waals surface area contributed by atoms with Gasteiger partial charge in [0.2, 0.25) is 0 Å². The normalized spacial score (nSPS) is 10.7. The van der Waals surface area contributed by atoms with Crippen LogP contribution in [-0.4, -0.2) is 6.54 Å². The van der Waals surface area contributed by atoms with E-state index in [2.05, 4.69) is 24.4 Å². The highest BCUT2D eigenvalue weighted by Gasteiger charge is 2.02. The highest BCUT2D eigenvalue weighted by Crippen LogP contribution is 2.13. The molecule has 1 heterocycles. The molecule has 0 fully saturated rings. The highest BCUT2D eigenvalue weighted by molar-refractivity contribution is 7.11. The molecule has 90 valence electrons. The lowest BCUT2D eigenvalue weighted by Gasteiger charge is -2.02. The minimum Gasteiger partial charge on any atom is -0.342 e. The summed E-state index contributed by atoms with van der Waals surface area (Å²) < 4.78 is 13.3. The first kappa shape index (κ1) is 12.3. The van der Waals surface area contributed by atoms with E-state index in [0.717, 1.165) is 25.1 Å². The minimum atomic E-state index is -0.0899. The van der Waals surface area contributed by atoms with Crippen LogP contribution in [0.5, 0.6) is 0 Å². The van der Waals surface area contributed by atoms with E-state index in [9.17, 15) is 4.39 Å². The van der Waals surface area contributed by atoms with E-state index >= 15 is 0 Å². The van der Waals surface area contributed by atoms with Crippen molar-refractivity contribution in [2.45, 2.75) is 19.9 Å². The topological polar surface area (TPSA) is 16.6 Å². The average molecular weight is 250 g/mol. The summed E-state index contributed by atoms with van der Waals surface area (Å²) >= 11 is 1.83. The monoisotopic (exact) mass is 250 g/mol. The van der Waals surface area contributed by atoms with Gasteiger partial charge in [-0.15, -0.1) is 11.3 Å². The Bertz CT molecular complexity index is 479. The zero-order valence-corrected chi connectivity index (χ0v) is 10.8. The van der Waals surface area contributed by atoms with Crippen molar-refractivity contribution in [2.24, 2.45) is 0 Å². The number of thiophene rings is 1. The van der Waals surface area contributed by atoms with Crippen molar-refractivity contribution in [2.75, 3.05) is 6.54 Å². The zero-order valence-electron chi connectivity index (χ0n) is 9.95. The molecular weight excluding hydrogens is 233 g/mol. The smallest absolute Gasteiger partial charge is 0.126 e. The molecule has 0 bridgehead atoms. The first-order chi connectivity index (χ1) is 8.25. The molecule has 2 aromatic rings. The molecule has 0 aliphatic carbocycles. The number of nitrogens with two attached hydrogens (primary N) is 1. The van der Waals surface area contributed by atoms with E-state index in [1.165, 1.54) is 15.8 Å². The van der Waals surface area contributed by atoms with Crippen molar-refractivity contribution in [3.05, 3.63) is 57.5 Å². The third kappa shape index (κ3) is 3.65. The molecule has 1 aromatic heterocycles. The predicted molar refractivity (Wildman–Crippen MR) is 69.7 cm³/mol. The summed E-state index contributed by atoms with van der Waals surface area (Å²) in [6.07, 6.45) is 0.789. The molecule has 0 radical (unpaired) electrons. The molecule has 1 nitrogen and oxygen atoms in total. The summed E-state index contributed by atoms with van der Waals surface area (Å²) in [7, 11) is 0. The maximum atomic E-state index is 13.3. The molecule has 0 unspecified atom stereocenters. The second-order valence-electron chi connectivity index (χ2n) is 4.14. The molecule has 2 rings (SSSR count). The number of hydrogen-bond donors (Lipinski definition) is 1. The van der Waals surface area contributed by atoms with E-state index in [0.29, 0.717) is 0 Å². The standard InChI is InChI=1S/C14H16FNS/c1-11-6-7-13(17-11)10-16-9-8-12-4-2-3-5-14(12)15/h2-7,16H,8-10H2,1H3/p+1. The van der Waals surface area contributed by atoms with Gasteiger partial charge < -0.3 is 5.32 Å². The van der Waals surface area contributed by atoms with Crippen molar-refractivity contribution >= 4 is 11.3 Å². The van der Waals surface area contributed by atoms with Crippen molar-refractivity contribution in [1.82, 2.24) is 0 Å². The minimum absolute atomic E-state index is 0.0899. The molecular formula is C14H17FNS+. The Morgan fingerprint density at radius 1 is 1.18 bits per heavy atom. The lowest BCUT2D eigenvalue weighted by atomic mass is 10.1. The number of benzene rings is 1. The summed E-state index contributed by atoms with van der Waals surface area (Å²) in [5, 5.41) is 2.23. The molecule has 0 atom stereocenters. The second kappa shape index (κ2) is 5.94. The van der Waals surface area contributed by atoms with Crippen molar-refractivity contribution in [1.29, 1.82) is 0 Å². The first-order valence-electron chi connectivity index (χ1n) is 5.86. The number of aryl methyl sites for hydroxylation is 1. The van der Waals surface area contributed by atoms with Crippen LogP contribution in [0.25, 0.3) is 0 Å². The van der Waals surface area contributed by atoms with Crippen LogP contribution in [0.2, 0.25) is 0 Å². The number of halogens is 1. The Morgan fingerprint density at radius 3 is 2.71 bits per heavy atom. The van der Waals surface area contributed by atoms with Crippen LogP contribution in [0, 0.1) is 12.7 Å². The van der Waals surface area contributed by atoms with Crippen LogP contribution in [0.15, 0.2) is 36.4 Å². The Labute approximate surface area is 105 Å². The summed E-state index contributed by atoms with van der Waals surface area (Å²) in [5.74, 6) is -0.0899. The van der Waals surface area contributed by atoms with E-state index in [4.69, 9.17) is 0 Å². The number of hydrogen-bond acceptors (Lipinski definition) is 1. The maximum Gasteiger partial charge on any atom is 0.126 e. The van der Waals surface area contributed by atoms with Crippen LogP contribution in [-0.2, 0) is 13.0 Å². The Hall–Kier alpha value is -1.19. The van der Waals surface area contributed by atoms with Gasteiger partial charge >= 0.3 is 0 Å². The van der Waals surface area contributed by atoms with Gasteiger partial charge in [-0.1, -0.05) is 18.2 Å². The molecule has 0 amide bonds. The largest absolute Gasteiger partial charge is 0.342 e. The van der Waals surface area contributed by atoms with Crippen LogP contribution in [0.3, 0.4) is 0 Å². The third-order valence-corrected chi connectivity index (χ3v) is 3.74. The molecule has 0 saturated carbocycles. The fourth-order valence-electron chi connectivity index (χ4n) is 1.80. The van der Waals surface area contributed by atoms with Crippen molar-refractivity contribution in [3.8, 4) is 0 Å². The SMILES string of the molecule is Cc1ccc(C[NH2+]CCc2ccccc2F)s1. The Kier molecular flexibility index (Phi) is 4.29. The fourth-order valence-corrected chi connectivity index (χ4v) is 2.68. The van der Waals surface area contributed by atoms with Gasteiger partial charge in [-0.3, -0.25) is 0 Å². The van der Waals surface area contributed by atoms with Gasteiger partial charge in [0, 0.05) is 11.3 Å². The highest BCUT2D eigenvalue weighted by atomic mass is 32.1. The lowest BCUT2D eigenvalue weighted by Crippen LogP contribution is -2.82. The quantitative estimate of drug-likeness (QED) is 0.785. The lowest BCUT2D eigenvalue weighted by molar-refractivity contribution is -0.669. The predicted octanol–water partition coefficient (Wildman–Crippen LogP) is 2.50. The van der Waals surface area contributed by atoms with E-state index in [1.54, 1.807) is 6.07 Å². The second-order valence-corrected chi connectivity index (χ2v) is 5.51. The van der Waals surface area contributed by atoms with Gasteiger partial charge in [0.1, 0.15) is 12.4 Å². The summed E-state index contributed by atoms with van der Waals surface area (Å²) in [5.41, 5.74) is 0.811. The molecule has 17 heavy (non-hydrogen) atoms.